The number of likely N-dealkylation sites (tertiary alicyclic amines) is 1. The molecule has 0 saturated carbocycles. The third-order valence-corrected chi connectivity index (χ3v) is 4.76. The van der Waals surface area contributed by atoms with Gasteiger partial charge in [0, 0.05) is 25.7 Å². The van der Waals surface area contributed by atoms with E-state index in [1.54, 1.807) is 0 Å². The monoisotopic (exact) mass is 343 g/mol. The normalized spacial score (nSPS) is 25.9. The second-order valence-electron chi connectivity index (χ2n) is 6.37. The molecule has 0 radical (unpaired) electrons. The van der Waals surface area contributed by atoms with E-state index in [0.717, 1.165) is 6.07 Å². The van der Waals surface area contributed by atoms with Crippen LogP contribution in [0.2, 0.25) is 0 Å². The Balaban J connectivity index is 1.90. The summed E-state index contributed by atoms with van der Waals surface area (Å²) in [6.07, 6.45) is -4.03. The first-order valence-corrected chi connectivity index (χ1v) is 8.10. The number of amides is 1. The molecule has 1 aromatic rings. The van der Waals surface area contributed by atoms with Gasteiger partial charge in [0.25, 0.3) is 0 Å². The number of β-amino-alcohol motifs (C(OH)–C–C–N with tert-alkyl or cyclic N) is 1. The van der Waals surface area contributed by atoms with Crippen LogP contribution < -0.4 is 0 Å². The summed E-state index contributed by atoms with van der Waals surface area (Å²) in [5.41, 5.74) is -0.684. The summed E-state index contributed by atoms with van der Waals surface area (Å²) in [4.78, 5) is 14.2. The van der Waals surface area contributed by atoms with E-state index < -0.39 is 23.9 Å². The van der Waals surface area contributed by atoms with Crippen molar-refractivity contribution in [3.63, 3.8) is 0 Å². The third kappa shape index (κ3) is 3.42. The van der Waals surface area contributed by atoms with E-state index >= 15 is 0 Å². The molecule has 7 heteroatoms. The maximum atomic E-state index is 13.3. The van der Waals surface area contributed by atoms with Crippen molar-refractivity contribution in [1.29, 1.82) is 0 Å². The number of ether oxygens (including phenoxy) is 1. The maximum absolute atomic E-state index is 13.3. The zero-order valence-electron chi connectivity index (χ0n) is 13.1. The van der Waals surface area contributed by atoms with Crippen LogP contribution in [0.5, 0.6) is 0 Å². The second kappa shape index (κ2) is 6.72. The van der Waals surface area contributed by atoms with Crippen molar-refractivity contribution >= 4 is 5.91 Å². The number of nitrogens with zero attached hydrogens (tertiary/aromatic N) is 1. The average Bonchev–Trinajstić information content (AvgIpc) is 2.96. The molecular formula is C17H20F3NO3. The lowest BCUT2D eigenvalue weighted by atomic mass is 9.95. The third-order valence-electron chi connectivity index (χ3n) is 4.76. The van der Waals surface area contributed by atoms with E-state index in [1.807, 2.05) is 0 Å². The highest BCUT2D eigenvalue weighted by molar-refractivity contribution is 5.80. The molecule has 2 fully saturated rings. The summed E-state index contributed by atoms with van der Waals surface area (Å²) < 4.78 is 45.1. The van der Waals surface area contributed by atoms with Crippen molar-refractivity contribution in [3.8, 4) is 0 Å². The lowest BCUT2D eigenvalue weighted by Gasteiger charge is -2.31. The predicted octanol–water partition coefficient (Wildman–Crippen LogP) is 2.77. The standard InChI is InChI=1S/C17H20F3NO3/c18-17(19,20)14-4-2-1-3-13(14)15-9-12(22)10-21(15)16(23)11-5-7-24-8-6-11/h1-4,11-12,15,22H,5-10H2/t12-,15-/m1/s1. The SMILES string of the molecule is O=C(C1CCOCC1)N1C[C@H](O)C[C@@H]1c1ccccc1C(F)(F)F. The zero-order chi connectivity index (χ0) is 17.3. The number of hydrogen-bond acceptors (Lipinski definition) is 3. The zero-order valence-corrected chi connectivity index (χ0v) is 13.1. The Hall–Kier alpha value is -1.60. The first-order chi connectivity index (χ1) is 11.4. The molecule has 1 amide bonds. The minimum atomic E-state index is -4.49. The molecule has 4 nitrogen and oxygen atoms in total. The highest BCUT2D eigenvalue weighted by Gasteiger charge is 2.42. The van der Waals surface area contributed by atoms with E-state index in [4.69, 9.17) is 4.74 Å². The van der Waals surface area contributed by atoms with Gasteiger partial charge in [-0.3, -0.25) is 4.79 Å². The molecule has 2 aliphatic heterocycles. The van der Waals surface area contributed by atoms with Crippen LogP contribution in [0.25, 0.3) is 0 Å². The summed E-state index contributed by atoms with van der Waals surface area (Å²) >= 11 is 0. The maximum Gasteiger partial charge on any atom is 0.416 e. The topological polar surface area (TPSA) is 49.8 Å². The molecule has 2 atom stereocenters. The van der Waals surface area contributed by atoms with Gasteiger partial charge in [0.1, 0.15) is 0 Å². The second-order valence-corrected chi connectivity index (χ2v) is 6.37. The number of aliphatic hydroxyl groups is 1. The lowest BCUT2D eigenvalue weighted by Crippen LogP contribution is -2.39. The summed E-state index contributed by atoms with van der Waals surface area (Å²) in [6.45, 7) is 1.04. The van der Waals surface area contributed by atoms with E-state index in [-0.39, 0.29) is 30.4 Å². The number of carbonyl (C=O) groups is 1. The van der Waals surface area contributed by atoms with E-state index in [1.165, 1.54) is 23.1 Å². The molecule has 3 rings (SSSR count). The van der Waals surface area contributed by atoms with Crippen LogP contribution in [0.1, 0.15) is 36.4 Å². The molecule has 24 heavy (non-hydrogen) atoms. The van der Waals surface area contributed by atoms with Gasteiger partial charge in [-0.1, -0.05) is 18.2 Å². The van der Waals surface area contributed by atoms with Gasteiger partial charge < -0.3 is 14.7 Å². The van der Waals surface area contributed by atoms with E-state index in [9.17, 15) is 23.1 Å². The molecule has 1 aromatic carbocycles. The fraction of sp³-hybridized carbons (Fsp3) is 0.588. The van der Waals surface area contributed by atoms with Crippen LogP contribution in [-0.2, 0) is 15.7 Å². The first-order valence-electron chi connectivity index (χ1n) is 8.10. The summed E-state index contributed by atoms with van der Waals surface area (Å²) in [5, 5.41) is 9.97. The number of aliphatic hydroxyl groups excluding tert-OH is 1. The fourth-order valence-corrected chi connectivity index (χ4v) is 3.58. The molecule has 0 spiro atoms. The van der Waals surface area contributed by atoms with Gasteiger partial charge in [-0.25, -0.2) is 0 Å². The molecule has 1 N–H and O–H groups in total. The summed E-state index contributed by atoms with van der Waals surface area (Å²) in [5.74, 6) is -0.429. The highest BCUT2D eigenvalue weighted by Crippen LogP contribution is 2.41. The average molecular weight is 343 g/mol. The highest BCUT2D eigenvalue weighted by atomic mass is 19.4. The largest absolute Gasteiger partial charge is 0.416 e. The molecule has 0 unspecified atom stereocenters. The number of benzene rings is 1. The fourth-order valence-electron chi connectivity index (χ4n) is 3.58. The van der Waals surface area contributed by atoms with Gasteiger partial charge in [0.05, 0.1) is 17.7 Å². The van der Waals surface area contributed by atoms with Crippen LogP contribution in [0.15, 0.2) is 24.3 Å². The van der Waals surface area contributed by atoms with Gasteiger partial charge in [-0.2, -0.15) is 13.2 Å². The minimum Gasteiger partial charge on any atom is -0.391 e. The van der Waals surface area contributed by atoms with Gasteiger partial charge in [0.2, 0.25) is 5.91 Å². The van der Waals surface area contributed by atoms with E-state index in [2.05, 4.69) is 0 Å². The molecule has 0 aliphatic carbocycles. The molecule has 2 heterocycles. The Morgan fingerprint density at radius 2 is 1.88 bits per heavy atom. The minimum absolute atomic E-state index is 0.0574. The van der Waals surface area contributed by atoms with Gasteiger partial charge >= 0.3 is 6.18 Å². The van der Waals surface area contributed by atoms with Crippen LogP contribution in [0.4, 0.5) is 13.2 Å². The Kier molecular flexibility index (Phi) is 4.83. The Morgan fingerprint density at radius 1 is 1.21 bits per heavy atom. The summed E-state index contributed by atoms with van der Waals surface area (Å²) in [7, 11) is 0. The van der Waals surface area contributed by atoms with Crippen molar-refractivity contribution in [3.05, 3.63) is 35.4 Å². The van der Waals surface area contributed by atoms with Crippen molar-refractivity contribution in [2.45, 2.75) is 37.6 Å². The lowest BCUT2D eigenvalue weighted by molar-refractivity contribution is -0.143. The predicted molar refractivity (Wildman–Crippen MR) is 80.1 cm³/mol. The molecule has 132 valence electrons. The van der Waals surface area contributed by atoms with Crippen molar-refractivity contribution in [2.75, 3.05) is 19.8 Å². The van der Waals surface area contributed by atoms with Crippen molar-refractivity contribution < 1.29 is 27.8 Å². The quantitative estimate of drug-likeness (QED) is 0.898. The van der Waals surface area contributed by atoms with Crippen LogP contribution in [-0.4, -0.2) is 41.8 Å². The number of hydrogen-bond donors (Lipinski definition) is 1. The molecule has 2 aliphatic rings. The van der Waals surface area contributed by atoms with Gasteiger partial charge in [-0.05, 0) is 30.9 Å². The number of alkyl halides is 3. The molecule has 2 saturated heterocycles. The van der Waals surface area contributed by atoms with Crippen LogP contribution >= 0.6 is 0 Å². The molecule has 0 bridgehead atoms. The number of rotatable bonds is 2. The van der Waals surface area contributed by atoms with Crippen LogP contribution in [0, 0.1) is 5.92 Å². The molecule has 0 aromatic heterocycles. The number of carbonyl (C=O) groups excluding carboxylic acids is 1. The smallest absolute Gasteiger partial charge is 0.391 e. The Labute approximate surface area is 138 Å². The van der Waals surface area contributed by atoms with Crippen molar-refractivity contribution in [2.24, 2.45) is 5.92 Å². The first kappa shape index (κ1) is 17.2. The number of halogens is 3. The Morgan fingerprint density at radius 3 is 2.54 bits per heavy atom. The summed E-state index contributed by atoms with van der Waals surface area (Å²) in [6, 6.07) is 4.55. The Bertz CT molecular complexity index is 599. The van der Waals surface area contributed by atoms with Crippen molar-refractivity contribution in [1.82, 2.24) is 4.90 Å². The van der Waals surface area contributed by atoms with Gasteiger partial charge in [-0.15, -0.1) is 0 Å². The molecular weight excluding hydrogens is 323 g/mol. The van der Waals surface area contributed by atoms with Gasteiger partial charge in [0.15, 0.2) is 0 Å². The van der Waals surface area contributed by atoms with Crippen LogP contribution in [0.3, 0.4) is 0 Å². The van der Waals surface area contributed by atoms with E-state index in [0.29, 0.717) is 26.1 Å².